The molecule has 0 saturated heterocycles. The summed E-state index contributed by atoms with van der Waals surface area (Å²) in [6.07, 6.45) is 3.24. The van der Waals surface area contributed by atoms with Crippen molar-refractivity contribution in [1.29, 1.82) is 0 Å². The van der Waals surface area contributed by atoms with E-state index in [0.717, 1.165) is 16.9 Å². The molecule has 24 heavy (non-hydrogen) atoms. The maximum absolute atomic E-state index is 12.3. The van der Waals surface area contributed by atoms with E-state index in [9.17, 15) is 4.79 Å². The number of anilines is 2. The number of hydrogen-bond acceptors (Lipinski definition) is 3. The van der Waals surface area contributed by atoms with Crippen LogP contribution in [0.2, 0.25) is 5.02 Å². The molecule has 0 fully saturated rings. The summed E-state index contributed by atoms with van der Waals surface area (Å²) in [5.74, 6) is -0.191. The van der Waals surface area contributed by atoms with Crippen LogP contribution in [0.1, 0.15) is 15.9 Å². The highest BCUT2D eigenvalue weighted by Gasteiger charge is 2.07. The summed E-state index contributed by atoms with van der Waals surface area (Å²) < 4.78 is 0. The topological polar surface area (TPSA) is 54.0 Å². The maximum Gasteiger partial charge on any atom is 0.257 e. The van der Waals surface area contributed by atoms with Gasteiger partial charge in [0.15, 0.2) is 0 Å². The molecule has 120 valence electrons. The maximum atomic E-state index is 12.3. The van der Waals surface area contributed by atoms with Crippen LogP contribution in [0.5, 0.6) is 0 Å². The third kappa shape index (κ3) is 4.33. The smallest absolute Gasteiger partial charge is 0.257 e. The van der Waals surface area contributed by atoms with Crippen molar-refractivity contribution in [3.63, 3.8) is 0 Å². The Morgan fingerprint density at radius 3 is 2.46 bits per heavy atom. The van der Waals surface area contributed by atoms with E-state index in [-0.39, 0.29) is 5.91 Å². The molecule has 0 spiro atoms. The number of nitrogens with zero attached hydrogens (tertiary/aromatic N) is 1. The summed E-state index contributed by atoms with van der Waals surface area (Å²) in [5, 5.41) is 6.81. The van der Waals surface area contributed by atoms with Crippen molar-refractivity contribution in [2.24, 2.45) is 0 Å². The van der Waals surface area contributed by atoms with Gasteiger partial charge in [0.05, 0.1) is 11.3 Å². The molecule has 0 aliphatic rings. The van der Waals surface area contributed by atoms with Gasteiger partial charge in [-0.1, -0.05) is 41.9 Å². The Hall–Kier alpha value is -2.85. The summed E-state index contributed by atoms with van der Waals surface area (Å²) in [7, 11) is 0. The first-order valence-corrected chi connectivity index (χ1v) is 7.88. The normalized spacial score (nSPS) is 10.2. The Kier molecular flexibility index (Phi) is 5.08. The monoisotopic (exact) mass is 337 g/mol. The number of hydrogen-bond donors (Lipinski definition) is 2. The number of amides is 1. The number of rotatable bonds is 5. The molecule has 1 amide bonds. The van der Waals surface area contributed by atoms with Crippen molar-refractivity contribution < 1.29 is 4.79 Å². The minimum atomic E-state index is -0.191. The molecule has 1 heterocycles. The second kappa shape index (κ2) is 7.62. The zero-order chi connectivity index (χ0) is 16.8. The predicted octanol–water partition coefficient (Wildman–Crippen LogP) is 4.60. The Labute approximate surface area is 145 Å². The van der Waals surface area contributed by atoms with Gasteiger partial charge in [0.25, 0.3) is 5.91 Å². The lowest BCUT2D eigenvalue weighted by atomic mass is 10.2. The van der Waals surface area contributed by atoms with E-state index in [4.69, 9.17) is 11.6 Å². The average Bonchev–Trinajstić information content (AvgIpc) is 2.62. The molecule has 5 heteroatoms. The number of benzene rings is 2. The summed E-state index contributed by atoms with van der Waals surface area (Å²) in [5.41, 5.74) is 3.13. The summed E-state index contributed by atoms with van der Waals surface area (Å²) in [6.45, 7) is 0.628. The van der Waals surface area contributed by atoms with Gasteiger partial charge in [-0.05, 0) is 35.9 Å². The fraction of sp³-hybridized carbons (Fsp3) is 0.0526. The van der Waals surface area contributed by atoms with Gasteiger partial charge in [0.2, 0.25) is 0 Å². The van der Waals surface area contributed by atoms with Gasteiger partial charge in [-0.2, -0.15) is 0 Å². The first-order chi connectivity index (χ1) is 11.7. The van der Waals surface area contributed by atoms with Crippen molar-refractivity contribution in [3.05, 3.63) is 89.2 Å². The molecule has 0 unspecified atom stereocenters. The van der Waals surface area contributed by atoms with Gasteiger partial charge in [0.1, 0.15) is 0 Å². The van der Waals surface area contributed by atoms with Crippen molar-refractivity contribution in [1.82, 2.24) is 4.98 Å². The standard InChI is InChI=1S/C19H16ClN3O/c20-16-8-6-14(7-9-16)11-22-18-10-15(12-21-13-18)19(24)23-17-4-2-1-3-5-17/h1-10,12-13,22H,11H2,(H,23,24). The summed E-state index contributed by atoms with van der Waals surface area (Å²) in [4.78, 5) is 16.4. The molecular formula is C19H16ClN3O. The quantitative estimate of drug-likeness (QED) is 0.715. The fourth-order valence-corrected chi connectivity index (χ4v) is 2.32. The van der Waals surface area contributed by atoms with Crippen LogP contribution in [0, 0.1) is 0 Å². The van der Waals surface area contributed by atoms with Crippen LogP contribution in [0.3, 0.4) is 0 Å². The van der Waals surface area contributed by atoms with Crippen LogP contribution in [0.4, 0.5) is 11.4 Å². The van der Waals surface area contributed by atoms with Crippen molar-refractivity contribution >= 4 is 28.9 Å². The van der Waals surface area contributed by atoms with Gasteiger partial charge in [-0.3, -0.25) is 9.78 Å². The van der Waals surface area contributed by atoms with Gasteiger partial charge in [-0.15, -0.1) is 0 Å². The lowest BCUT2D eigenvalue weighted by Gasteiger charge is -2.09. The third-order valence-electron chi connectivity index (χ3n) is 3.44. The fourth-order valence-electron chi connectivity index (χ4n) is 2.19. The van der Waals surface area contributed by atoms with Crippen LogP contribution in [0.25, 0.3) is 0 Å². The second-order valence-corrected chi connectivity index (χ2v) is 5.70. The Morgan fingerprint density at radius 2 is 1.71 bits per heavy atom. The van der Waals surface area contributed by atoms with Crippen LogP contribution in [-0.2, 0) is 6.54 Å². The highest BCUT2D eigenvalue weighted by molar-refractivity contribution is 6.30. The number of carbonyl (C=O) groups excluding carboxylic acids is 1. The van der Waals surface area contributed by atoms with Crippen LogP contribution < -0.4 is 10.6 Å². The minimum absolute atomic E-state index is 0.191. The molecule has 0 bridgehead atoms. The zero-order valence-corrected chi connectivity index (χ0v) is 13.6. The number of pyridine rings is 1. The molecule has 2 aromatic carbocycles. The first-order valence-electron chi connectivity index (χ1n) is 7.50. The highest BCUT2D eigenvalue weighted by atomic mass is 35.5. The molecular weight excluding hydrogens is 322 g/mol. The minimum Gasteiger partial charge on any atom is -0.380 e. The van der Waals surface area contributed by atoms with Crippen molar-refractivity contribution in [3.8, 4) is 0 Å². The molecule has 0 aliphatic carbocycles. The zero-order valence-electron chi connectivity index (χ0n) is 12.9. The average molecular weight is 338 g/mol. The molecule has 0 radical (unpaired) electrons. The number of para-hydroxylation sites is 1. The van der Waals surface area contributed by atoms with Crippen LogP contribution in [0.15, 0.2) is 73.1 Å². The second-order valence-electron chi connectivity index (χ2n) is 5.26. The Balaban J connectivity index is 1.65. The van der Waals surface area contributed by atoms with Gasteiger partial charge >= 0.3 is 0 Å². The van der Waals surface area contributed by atoms with E-state index in [1.165, 1.54) is 0 Å². The van der Waals surface area contributed by atoms with E-state index in [2.05, 4.69) is 15.6 Å². The highest BCUT2D eigenvalue weighted by Crippen LogP contribution is 2.14. The number of aromatic nitrogens is 1. The van der Waals surface area contributed by atoms with Crippen molar-refractivity contribution in [2.75, 3.05) is 10.6 Å². The molecule has 0 atom stereocenters. The van der Waals surface area contributed by atoms with E-state index < -0.39 is 0 Å². The first kappa shape index (κ1) is 16.0. The predicted molar refractivity (Wildman–Crippen MR) is 97.4 cm³/mol. The molecule has 3 rings (SSSR count). The van der Waals surface area contributed by atoms with Crippen LogP contribution >= 0.6 is 11.6 Å². The number of nitrogens with one attached hydrogen (secondary N) is 2. The number of carbonyl (C=O) groups is 1. The van der Waals surface area contributed by atoms with E-state index >= 15 is 0 Å². The molecule has 4 nitrogen and oxygen atoms in total. The largest absolute Gasteiger partial charge is 0.380 e. The molecule has 2 N–H and O–H groups in total. The number of halogens is 1. The van der Waals surface area contributed by atoms with E-state index in [1.54, 1.807) is 18.5 Å². The van der Waals surface area contributed by atoms with Crippen molar-refractivity contribution in [2.45, 2.75) is 6.54 Å². The Morgan fingerprint density at radius 1 is 0.958 bits per heavy atom. The molecule has 3 aromatic rings. The van der Waals surface area contributed by atoms with Gasteiger partial charge in [-0.25, -0.2) is 0 Å². The lowest BCUT2D eigenvalue weighted by Crippen LogP contribution is -2.12. The van der Waals surface area contributed by atoms with E-state index in [0.29, 0.717) is 17.1 Å². The third-order valence-corrected chi connectivity index (χ3v) is 3.69. The van der Waals surface area contributed by atoms with Gasteiger partial charge in [0, 0.05) is 29.6 Å². The summed E-state index contributed by atoms with van der Waals surface area (Å²) in [6, 6.07) is 18.7. The molecule has 0 saturated carbocycles. The lowest BCUT2D eigenvalue weighted by molar-refractivity contribution is 0.102. The molecule has 1 aromatic heterocycles. The SMILES string of the molecule is O=C(Nc1ccccc1)c1cncc(NCc2ccc(Cl)cc2)c1. The van der Waals surface area contributed by atoms with Crippen LogP contribution in [-0.4, -0.2) is 10.9 Å². The Bertz CT molecular complexity index is 820. The van der Waals surface area contributed by atoms with Gasteiger partial charge < -0.3 is 10.6 Å². The molecule has 0 aliphatic heterocycles. The van der Waals surface area contributed by atoms with E-state index in [1.807, 2.05) is 54.6 Å². The summed E-state index contributed by atoms with van der Waals surface area (Å²) >= 11 is 5.88.